The molecule has 0 radical (unpaired) electrons. The van der Waals surface area contributed by atoms with E-state index in [9.17, 15) is 4.79 Å². The molecule has 0 bridgehead atoms. The number of anilines is 4. The number of carbonyl (C=O) groups is 1. The highest BCUT2D eigenvalue weighted by atomic mass is 16.5. The summed E-state index contributed by atoms with van der Waals surface area (Å²) in [5.41, 5.74) is 4.84. The molecule has 176 valence electrons. The highest BCUT2D eigenvalue weighted by Crippen LogP contribution is 2.26. The average Bonchev–Trinajstić information content (AvgIpc) is 2.78. The average molecular weight is 460 g/mol. The Hall–Kier alpha value is -3.56. The van der Waals surface area contributed by atoms with Crippen molar-refractivity contribution < 1.29 is 9.53 Å². The number of nitrogens with one attached hydrogen (secondary N) is 4. The Morgan fingerprint density at radius 1 is 1.12 bits per heavy atom. The zero-order chi connectivity index (χ0) is 23.5. The quantitative estimate of drug-likeness (QED) is 0.426. The van der Waals surface area contributed by atoms with Crippen LogP contribution < -0.4 is 21.3 Å². The molecule has 0 atom stereocenters. The molecule has 9 heteroatoms. The number of hydrogen-bond donors (Lipinski definition) is 4. The van der Waals surface area contributed by atoms with Crippen molar-refractivity contribution in [2.75, 3.05) is 30.4 Å². The minimum Gasteiger partial charge on any atom is -0.380 e. The van der Waals surface area contributed by atoms with Crippen molar-refractivity contribution in [3.05, 3.63) is 65.0 Å². The summed E-state index contributed by atoms with van der Waals surface area (Å²) in [5, 5.41) is 12.8. The van der Waals surface area contributed by atoms with E-state index >= 15 is 0 Å². The Bertz CT molecular complexity index is 1190. The molecule has 5 rings (SSSR count). The van der Waals surface area contributed by atoms with Crippen LogP contribution in [0.2, 0.25) is 0 Å². The summed E-state index contributed by atoms with van der Waals surface area (Å²) in [5.74, 6) is 1.46. The van der Waals surface area contributed by atoms with Gasteiger partial charge in [0, 0.05) is 30.4 Å². The maximum atomic E-state index is 12.8. The summed E-state index contributed by atoms with van der Waals surface area (Å²) in [6.07, 6.45) is 2.57. The predicted octanol–water partition coefficient (Wildman–Crippen LogP) is 3.26. The molecule has 1 saturated heterocycles. The smallest absolute Gasteiger partial charge is 0.256 e. The Morgan fingerprint density at radius 2 is 2.00 bits per heavy atom. The number of pyridine rings is 1. The van der Waals surface area contributed by atoms with Gasteiger partial charge < -0.3 is 26.0 Å². The van der Waals surface area contributed by atoms with Crippen LogP contribution in [-0.2, 0) is 17.7 Å². The third-order valence-electron chi connectivity index (χ3n) is 5.88. The van der Waals surface area contributed by atoms with Gasteiger partial charge in [-0.25, -0.2) is 9.97 Å². The molecule has 9 nitrogen and oxygen atoms in total. The summed E-state index contributed by atoms with van der Waals surface area (Å²) in [7, 11) is 0. The topological polar surface area (TPSA) is 113 Å². The van der Waals surface area contributed by atoms with Crippen LogP contribution in [0.4, 0.5) is 23.3 Å². The molecule has 0 spiro atoms. The van der Waals surface area contributed by atoms with Gasteiger partial charge >= 0.3 is 0 Å². The lowest BCUT2D eigenvalue weighted by molar-refractivity contribution is 0.00677. The molecule has 0 unspecified atom stereocenters. The van der Waals surface area contributed by atoms with Gasteiger partial charge in [0.15, 0.2) is 0 Å². The Balaban J connectivity index is 1.43. The number of benzene rings is 1. The normalized spacial score (nSPS) is 15.4. The number of aromatic nitrogens is 3. The minimum absolute atomic E-state index is 0.0117. The molecule has 3 aromatic rings. The van der Waals surface area contributed by atoms with Gasteiger partial charge in [0.25, 0.3) is 5.91 Å². The molecular weight excluding hydrogens is 430 g/mol. The molecule has 2 aromatic heterocycles. The molecule has 0 saturated carbocycles. The fraction of sp³-hybridized carbons (Fsp3) is 0.360. The standard InChI is InChI=1S/C25H29N7O2/c1-15(2)28-24(33)20-12-27-25(29-19-7-6-16-8-9-26-11-17(16)10-19)32-23(20)31-22-5-3-4-21(30-22)18-13-34-14-18/h3-7,10,12,15,18,26H,8-9,11,13-14H2,1-2H3,(H,28,33)(H2,27,29,30,31,32). The van der Waals surface area contributed by atoms with Gasteiger partial charge in [-0.05, 0) is 62.2 Å². The zero-order valence-corrected chi connectivity index (χ0v) is 19.4. The fourth-order valence-electron chi connectivity index (χ4n) is 4.01. The van der Waals surface area contributed by atoms with Crippen LogP contribution in [0.3, 0.4) is 0 Å². The number of amides is 1. The molecule has 34 heavy (non-hydrogen) atoms. The van der Waals surface area contributed by atoms with Crippen molar-refractivity contribution in [3.63, 3.8) is 0 Å². The lowest BCUT2D eigenvalue weighted by Gasteiger charge is -2.25. The largest absolute Gasteiger partial charge is 0.380 e. The monoisotopic (exact) mass is 459 g/mol. The SMILES string of the molecule is CC(C)NC(=O)c1cnc(Nc2ccc3c(c2)CNCC3)nc1Nc1cccc(C2COC2)n1. The van der Waals surface area contributed by atoms with Crippen molar-refractivity contribution in [2.45, 2.75) is 38.8 Å². The van der Waals surface area contributed by atoms with Crippen molar-refractivity contribution in [2.24, 2.45) is 0 Å². The van der Waals surface area contributed by atoms with E-state index in [2.05, 4.69) is 43.4 Å². The summed E-state index contributed by atoms with van der Waals surface area (Å²) >= 11 is 0. The van der Waals surface area contributed by atoms with Gasteiger partial charge in [-0.3, -0.25) is 4.79 Å². The second-order valence-corrected chi connectivity index (χ2v) is 8.93. The minimum atomic E-state index is -0.243. The van der Waals surface area contributed by atoms with Crippen LogP contribution in [-0.4, -0.2) is 46.7 Å². The number of carbonyl (C=O) groups excluding carboxylic acids is 1. The number of nitrogens with zero attached hydrogens (tertiary/aromatic N) is 3. The number of hydrogen-bond acceptors (Lipinski definition) is 8. The van der Waals surface area contributed by atoms with E-state index < -0.39 is 0 Å². The van der Waals surface area contributed by atoms with Gasteiger partial charge in [0.2, 0.25) is 5.95 Å². The molecule has 4 N–H and O–H groups in total. The highest BCUT2D eigenvalue weighted by Gasteiger charge is 2.22. The van der Waals surface area contributed by atoms with Gasteiger partial charge in [0.1, 0.15) is 17.2 Å². The fourth-order valence-corrected chi connectivity index (χ4v) is 4.01. The van der Waals surface area contributed by atoms with Crippen molar-refractivity contribution >= 4 is 29.2 Å². The zero-order valence-electron chi connectivity index (χ0n) is 19.4. The first-order chi connectivity index (χ1) is 16.5. The second kappa shape index (κ2) is 9.74. The predicted molar refractivity (Wildman–Crippen MR) is 131 cm³/mol. The van der Waals surface area contributed by atoms with Crippen molar-refractivity contribution in [3.8, 4) is 0 Å². The van der Waals surface area contributed by atoms with E-state index in [1.54, 1.807) is 6.20 Å². The molecule has 2 aliphatic rings. The molecular formula is C25H29N7O2. The van der Waals surface area contributed by atoms with E-state index in [4.69, 9.17) is 9.72 Å². The number of rotatable bonds is 7. The lowest BCUT2D eigenvalue weighted by atomic mass is 10.0. The molecule has 1 aromatic carbocycles. The number of fused-ring (bicyclic) bond motifs is 1. The van der Waals surface area contributed by atoms with Crippen LogP contribution in [0, 0.1) is 0 Å². The van der Waals surface area contributed by atoms with Crippen LogP contribution in [0.25, 0.3) is 0 Å². The first-order valence-electron chi connectivity index (χ1n) is 11.6. The molecule has 1 fully saturated rings. The highest BCUT2D eigenvalue weighted by molar-refractivity contribution is 5.99. The molecule has 2 aliphatic heterocycles. The van der Waals surface area contributed by atoms with Crippen molar-refractivity contribution in [1.82, 2.24) is 25.6 Å². The molecule has 4 heterocycles. The third kappa shape index (κ3) is 5.00. The maximum absolute atomic E-state index is 12.8. The van der Waals surface area contributed by atoms with Crippen molar-refractivity contribution in [1.29, 1.82) is 0 Å². The van der Waals surface area contributed by atoms with Gasteiger partial charge in [0.05, 0.1) is 18.9 Å². The number of ether oxygens (including phenoxy) is 1. The lowest BCUT2D eigenvalue weighted by Crippen LogP contribution is -2.31. The summed E-state index contributed by atoms with van der Waals surface area (Å²) < 4.78 is 5.30. The maximum Gasteiger partial charge on any atom is 0.256 e. The van der Waals surface area contributed by atoms with E-state index in [-0.39, 0.29) is 11.9 Å². The van der Waals surface area contributed by atoms with E-state index in [1.165, 1.54) is 11.1 Å². The summed E-state index contributed by atoms with van der Waals surface area (Å²) in [6.45, 7) is 7.03. The Kier molecular flexibility index (Phi) is 6.37. The van der Waals surface area contributed by atoms with Crippen LogP contribution in [0.15, 0.2) is 42.6 Å². The van der Waals surface area contributed by atoms with Gasteiger partial charge in [-0.15, -0.1) is 0 Å². The Labute approximate surface area is 198 Å². The molecule has 1 amide bonds. The van der Waals surface area contributed by atoms with Crippen LogP contribution >= 0.6 is 0 Å². The van der Waals surface area contributed by atoms with E-state index in [0.29, 0.717) is 42.3 Å². The summed E-state index contributed by atoms with van der Waals surface area (Å²) in [6, 6.07) is 12.1. The van der Waals surface area contributed by atoms with E-state index in [1.807, 2.05) is 38.1 Å². The first kappa shape index (κ1) is 22.2. The van der Waals surface area contributed by atoms with Gasteiger partial charge in [-0.1, -0.05) is 12.1 Å². The Morgan fingerprint density at radius 3 is 2.79 bits per heavy atom. The second-order valence-electron chi connectivity index (χ2n) is 8.93. The first-order valence-corrected chi connectivity index (χ1v) is 11.6. The van der Waals surface area contributed by atoms with Crippen LogP contribution in [0.1, 0.15) is 46.9 Å². The molecule has 0 aliphatic carbocycles. The summed E-state index contributed by atoms with van der Waals surface area (Å²) in [4.78, 5) is 26.6. The third-order valence-corrected chi connectivity index (χ3v) is 5.88. The van der Waals surface area contributed by atoms with E-state index in [0.717, 1.165) is 30.9 Å². The van der Waals surface area contributed by atoms with Crippen LogP contribution in [0.5, 0.6) is 0 Å². The van der Waals surface area contributed by atoms with Gasteiger partial charge in [-0.2, -0.15) is 4.98 Å².